The molecule has 6 nitrogen and oxygen atoms in total. The van der Waals surface area contributed by atoms with E-state index in [0.717, 1.165) is 16.8 Å². The number of anilines is 1. The van der Waals surface area contributed by atoms with E-state index in [0.29, 0.717) is 47.5 Å². The molecular formula is C30H27ClN2O4. The van der Waals surface area contributed by atoms with Crippen LogP contribution in [0.4, 0.5) is 11.4 Å². The van der Waals surface area contributed by atoms with E-state index >= 15 is 0 Å². The van der Waals surface area contributed by atoms with Gasteiger partial charge in [0.2, 0.25) is 0 Å². The van der Waals surface area contributed by atoms with Crippen LogP contribution in [0.2, 0.25) is 5.02 Å². The molecule has 0 bridgehead atoms. The number of nitrogens with zero attached hydrogens (tertiary/aromatic N) is 2. The molecular weight excluding hydrogens is 488 g/mol. The van der Waals surface area contributed by atoms with Crippen molar-refractivity contribution in [2.24, 2.45) is 0 Å². The summed E-state index contributed by atoms with van der Waals surface area (Å²) >= 11 is 6.19. The van der Waals surface area contributed by atoms with Crippen molar-refractivity contribution in [1.82, 2.24) is 0 Å². The van der Waals surface area contributed by atoms with Crippen LogP contribution in [0.5, 0.6) is 17.2 Å². The second-order valence-corrected chi connectivity index (χ2v) is 8.87. The van der Waals surface area contributed by atoms with Gasteiger partial charge in [-0.3, -0.25) is 10.1 Å². The minimum Gasteiger partial charge on any atom is -0.488 e. The van der Waals surface area contributed by atoms with Gasteiger partial charge in [0.15, 0.2) is 0 Å². The molecule has 4 rings (SSSR count). The molecule has 0 saturated carbocycles. The van der Waals surface area contributed by atoms with Crippen LogP contribution in [0.15, 0.2) is 104 Å². The molecule has 0 atom stereocenters. The zero-order valence-electron chi connectivity index (χ0n) is 20.5. The lowest BCUT2D eigenvalue weighted by Gasteiger charge is -2.27. The van der Waals surface area contributed by atoms with Crippen molar-refractivity contribution in [3.63, 3.8) is 0 Å². The van der Waals surface area contributed by atoms with Crippen LogP contribution in [0.25, 0.3) is 0 Å². The minimum atomic E-state index is -0.337. The Morgan fingerprint density at radius 1 is 0.919 bits per heavy atom. The van der Waals surface area contributed by atoms with Crippen LogP contribution in [0.3, 0.4) is 0 Å². The summed E-state index contributed by atoms with van der Waals surface area (Å²) in [5.41, 5.74) is 3.73. The van der Waals surface area contributed by atoms with Gasteiger partial charge in [0.05, 0.1) is 15.5 Å². The Bertz CT molecular complexity index is 1370. The molecule has 0 heterocycles. The summed E-state index contributed by atoms with van der Waals surface area (Å²) < 4.78 is 11.6. The highest BCUT2D eigenvalue weighted by molar-refractivity contribution is 6.32. The zero-order chi connectivity index (χ0) is 26.2. The first kappa shape index (κ1) is 25.8. The maximum absolute atomic E-state index is 11.5. The summed E-state index contributed by atoms with van der Waals surface area (Å²) in [4.78, 5) is 13.4. The molecule has 0 N–H and O–H groups in total. The molecule has 0 fully saturated rings. The van der Waals surface area contributed by atoms with E-state index in [4.69, 9.17) is 21.1 Å². The van der Waals surface area contributed by atoms with Crippen LogP contribution in [0.1, 0.15) is 16.7 Å². The smallest absolute Gasteiger partial charge is 0.274 e. The van der Waals surface area contributed by atoms with Gasteiger partial charge in [0, 0.05) is 30.9 Å². The van der Waals surface area contributed by atoms with Gasteiger partial charge in [-0.2, -0.15) is 0 Å². The molecule has 4 aromatic carbocycles. The lowest BCUT2D eigenvalue weighted by molar-refractivity contribution is -0.385. The molecule has 0 aliphatic rings. The Morgan fingerprint density at radius 2 is 1.59 bits per heavy atom. The van der Waals surface area contributed by atoms with Crippen molar-refractivity contribution in [2.45, 2.75) is 20.0 Å². The van der Waals surface area contributed by atoms with Gasteiger partial charge in [0.25, 0.3) is 5.69 Å². The van der Waals surface area contributed by atoms with Crippen LogP contribution < -0.4 is 14.4 Å². The fourth-order valence-electron chi connectivity index (χ4n) is 4.01. The van der Waals surface area contributed by atoms with E-state index in [1.807, 2.05) is 48.5 Å². The number of benzene rings is 4. The van der Waals surface area contributed by atoms with Gasteiger partial charge in [-0.15, -0.1) is 0 Å². The number of rotatable bonds is 11. The van der Waals surface area contributed by atoms with Crippen molar-refractivity contribution < 1.29 is 14.4 Å². The summed E-state index contributed by atoms with van der Waals surface area (Å²) in [5, 5.41) is 12.0. The first-order valence-corrected chi connectivity index (χ1v) is 12.2. The Morgan fingerprint density at radius 3 is 2.27 bits per heavy atom. The number of hydrogen-bond donors (Lipinski definition) is 0. The summed E-state index contributed by atoms with van der Waals surface area (Å²) in [6.45, 7) is 6.97. The third-order valence-electron chi connectivity index (χ3n) is 5.82. The molecule has 0 aliphatic heterocycles. The van der Waals surface area contributed by atoms with Crippen molar-refractivity contribution in [3.05, 3.63) is 135 Å². The maximum atomic E-state index is 11.5. The molecule has 0 aliphatic carbocycles. The highest BCUT2D eigenvalue weighted by atomic mass is 35.5. The van der Waals surface area contributed by atoms with E-state index < -0.39 is 0 Å². The Hall–Kier alpha value is -4.29. The average Bonchev–Trinajstić information content (AvgIpc) is 2.90. The zero-order valence-corrected chi connectivity index (χ0v) is 21.2. The van der Waals surface area contributed by atoms with Crippen molar-refractivity contribution in [1.29, 1.82) is 0 Å². The third-order valence-corrected chi connectivity index (χ3v) is 6.13. The first-order valence-electron chi connectivity index (χ1n) is 11.8. The van der Waals surface area contributed by atoms with E-state index in [2.05, 4.69) is 23.6 Å². The standard InChI is InChI=1S/C30H27ClN2O4/c1-3-18-36-30-19-26(16-17-27(30)31)37-25-14-12-24(13-15-25)21-32(20-23-8-5-4-6-9-23)28-10-7-11-29(22(28)2)33(34)35/h3-17,19H,1,18,20-21H2,2H3. The monoisotopic (exact) mass is 514 g/mol. The Balaban J connectivity index is 1.55. The fraction of sp³-hybridized carbons (Fsp3) is 0.133. The number of hydrogen-bond acceptors (Lipinski definition) is 5. The van der Waals surface area contributed by atoms with Crippen molar-refractivity contribution >= 4 is 23.0 Å². The Kier molecular flexibility index (Phi) is 8.44. The Labute approximate surface area is 221 Å². The lowest BCUT2D eigenvalue weighted by Crippen LogP contribution is -2.23. The summed E-state index contributed by atoms with van der Waals surface area (Å²) in [7, 11) is 0. The van der Waals surface area contributed by atoms with Crippen LogP contribution in [-0.2, 0) is 13.1 Å². The molecule has 0 spiro atoms. The quantitative estimate of drug-likeness (QED) is 0.115. The fourth-order valence-corrected chi connectivity index (χ4v) is 4.18. The van der Waals surface area contributed by atoms with Gasteiger partial charge < -0.3 is 14.4 Å². The molecule has 0 aromatic heterocycles. The number of halogens is 1. The predicted molar refractivity (Wildman–Crippen MR) is 148 cm³/mol. The highest BCUT2D eigenvalue weighted by Crippen LogP contribution is 2.33. The number of nitro groups is 1. The lowest BCUT2D eigenvalue weighted by atomic mass is 10.1. The van der Waals surface area contributed by atoms with E-state index in [1.165, 1.54) is 6.07 Å². The molecule has 4 aromatic rings. The van der Waals surface area contributed by atoms with Gasteiger partial charge in [-0.25, -0.2) is 0 Å². The third kappa shape index (κ3) is 6.68. The van der Waals surface area contributed by atoms with E-state index in [-0.39, 0.29) is 10.6 Å². The highest BCUT2D eigenvalue weighted by Gasteiger charge is 2.18. The number of nitro benzene ring substituents is 1. The molecule has 0 unspecified atom stereocenters. The summed E-state index contributed by atoms with van der Waals surface area (Å²) in [6, 6.07) is 28.3. The SMILES string of the molecule is C=CCOc1cc(Oc2ccc(CN(Cc3ccccc3)c3cccc([N+](=O)[O-])c3C)cc2)ccc1Cl. The van der Waals surface area contributed by atoms with Gasteiger partial charge >= 0.3 is 0 Å². The maximum Gasteiger partial charge on any atom is 0.274 e. The summed E-state index contributed by atoms with van der Waals surface area (Å²) in [5.74, 6) is 1.80. The first-order chi connectivity index (χ1) is 17.9. The second kappa shape index (κ2) is 12.1. The normalized spacial score (nSPS) is 10.5. The van der Waals surface area contributed by atoms with Crippen LogP contribution in [-0.4, -0.2) is 11.5 Å². The predicted octanol–water partition coefficient (Wildman–Crippen LogP) is 8.12. The largest absolute Gasteiger partial charge is 0.488 e. The molecule has 37 heavy (non-hydrogen) atoms. The van der Waals surface area contributed by atoms with E-state index in [9.17, 15) is 10.1 Å². The summed E-state index contributed by atoms with van der Waals surface area (Å²) in [6.07, 6.45) is 1.65. The topological polar surface area (TPSA) is 64.8 Å². The van der Waals surface area contributed by atoms with Crippen molar-refractivity contribution in [3.8, 4) is 17.2 Å². The van der Waals surface area contributed by atoms with Gasteiger partial charge in [-0.1, -0.05) is 72.8 Å². The number of ether oxygens (including phenoxy) is 2. The molecule has 0 saturated heterocycles. The van der Waals surface area contributed by atoms with Crippen LogP contribution >= 0.6 is 11.6 Å². The second-order valence-electron chi connectivity index (χ2n) is 8.46. The van der Waals surface area contributed by atoms with Gasteiger partial charge in [-0.05, 0) is 48.4 Å². The van der Waals surface area contributed by atoms with Crippen LogP contribution in [0, 0.1) is 17.0 Å². The minimum absolute atomic E-state index is 0.110. The molecule has 0 amide bonds. The van der Waals surface area contributed by atoms with Crippen molar-refractivity contribution in [2.75, 3.05) is 11.5 Å². The van der Waals surface area contributed by atoms with Gasteiger partial charge in [0.1, 0.15) is 23.9 Å². The molecule has 7 heteroatoms. The average molecular weight is 515 g/mol. The molecule has 188 valence electrons. The van der Waals surface area contributed by atoms with E-state index in [1.54, 1.807) is 37.3 Å². The molecule has 0 radical (unpaired) electrons.